The molecule has 1 aliphatic carbocycles. The summed E-state index contributed by atoms with van der Waals surface area (Å²) in [5.41, 5.74) is 0.0418. The molecular weight excluding hydrogens is 180 g/mol. The van der Waals surface area contributed by atoms with Gasteiger partial charge >= 0.3 is 0 Å². The summed E-state index contributed by atoms with van der Waals surface area (Å²) < 4.78 is 0. The normalized spacial score (nSPS) is 26.4. The van der Waals surface area contributed by atoms with Gasteiger partial charge < -0.3 is 4.79 Å². The van der Waals surface area contributed by atoms with Crippen molar-refractivity contribution in [3.63, 3.8) is 0 Å². The Balaban J connectivity index is 2.17. The van der Waals surface area contributed by atoms with E-state index in [0.29, 0.717) is 6.42 Å². The average Bonchev–Trinajstić information content (AvgIpc) is 2.69. The van der Waals surface area contributed by atoms with Gasteiger partial charge in [-0.2, -0.15) is 0 Å². The van der Waals surface area contributed by atoms with Gasteiger partial charge in [0.15, 0.2) is 0 Å². The van der Waals surface area contributed by atoms with Crippen LogP contribution in [0.2, 0.25) is 0 Å². The van der Waals surface area contributed by atoms with Crippen molar-refractivity contribution < 1.29 is 9.59 Å². The van der Waals surface area contributed by atoms with Crippen LogP contribution in [0.4, 0.5) is 0 Å². The van der Waals surface area contributed by atoms with Crippen molar-refractivity contribution in [3.05, 3.63) is 0 Å². The zero-order valence-corrected chi connectivity index (χ0v) is 8.53. The van der Waals surface area contributed by atoms with Crippen molar-refractivity contribution in [2.75, 3.05) is 13.6 Å². The molecule has 1 saturated carbocycles. The van der Waals surface area contributed by atoms with E-state index in [-0.39, 0.29) is 18.0 Å². The first-order valence-electron chi connectivity index (χ1n) is 5.17. The predicted octanol–water partition coefficient (Wildman–Crippen LogP) is 0.577. The number of aldehydes is 1. The molecule has 2 aliphatic rings. The molecule has 1 aliphatic heterocycles. The lowest BCUT2D eigenvalue weighted by molar-refractivity contribution is -0.141. The summed E-state index contributed by atoms with van der Waals surface area (Å²) in [6, 6.07) is 0. The molecule has 0 atom stereocenters. The van der Waals surface area contributed by atoms with E-state index >= 15 is 0 Å². The average molecular weight is 196 g/mol. The summed E-state index contributed by atoms with van der Waals surface area (Å²) in [4.78, 5) is 22.1. The van der Waals surface area contributed by atoms with Crippen LogP contribution in [-0.2, 0) is 9.59 Å². The summed E-state index contributed by atoms with van der Waals surface area (Å²) in [6.45, 7) is 0.205. The number of carbonyl (C=O) groups excluding carboxylic acids is 2. The van der Waals surface area contributed by atoms with Crippen LogP contribution in [0.5, 0.6) is 0 Å². The quantitative estimate of drug-likeness (QED) is 0.606. The molecule has 1 heterocycles. The van der Waals surface area contributed by atoms with Crippen molar-refractivity contribution in [1.82, 2.24) is 10.0 Å². The molecule has 0 aromatic rings. The second-order valence-electron chi connectivity index (χ2n) is 4.27. The van der Waals surface area contributed by atoms with E-state index in [1.807, 2.05) is 12.1 Å². The Bertz CT molecular complexity index is 259. The Hall–Kier alpha value is -0.900. The van der Waals surface area contributed by atoms with Gasteiger partial charge in [-0.15, -0.1) is 0 Å². The highest BCUT2D eigenvalue weighted by Gasteiger charge is 2.49. The fourth-order valence-electron chi connectivity index (χ4n) is 2.74. The largest absolute Gasteiger partial charge is 0.301 e. The minimum Gasteiger partial charge on any atom is -0.301 e. The molecule has 0 radical (unpaired) electrons. The highest BCUT2D eigenvalue weighted by atomic mass is 16.2. The Kier molecular flexibility index (Phi) is 2.31. The first kappa shape index (κ1) is 9.65. The lowest BCUT2D eigenvalue weighted by Gasteiger charge is -2.34. The van der Waals surface area contributed by atoms with Gasteiger partial charge in [-0.1, -0.05) is 12.8 Å². The molecule has 0 aromatic heterocycles. The number of rotatable bonds is 2. The Labute approximate surface area is 83.8 Å². The third-order valence-electron chi connectivity index (χ3n) is 3.60. The van der Waals surface area contributed by atoms with Crippen molar-refractivity contribution in [2.24, 2.45) is 0 Å². The second kappa shape index (κ2) is 3.35. The predicted molar refractivity (Wildman–Crippen MR) is 51.4 cm³/mol. The summed E-state index contributed by atoms with van der Waals surface area (Å²) >= 11 is 0. The fourth-order valence-corrected chi connectivity index (χ4v) is 2.74. The van der Waals surface area contributed by atoms with Crippen LogP contribution in [0.1, 0.15) is 32.1 Å². The standard InChI is InChI=1S/C10H16N2O2/c1-11-10(4-2-3-5-10)8-9(14)12(11)6-7-13/h7H,2-6,8H2,1H3. The smallest absolute Gasteiger partial charge is 0.239 e. The van der Waals surface area contributed by atoms with Crippen molar-refractivity contribution in [2.45, 2.75) is 37.6 Å². The molecular formula is C10H16N2O2. The van der Waals surface area contributed by atoms with Gasteiger partial charge in [-0.05, 0) is 12.8 Å². The molecule has 14 heavy (non-hydrogen) atoms. The number of hydrogen-bond acceptors (Lipinski definition) is 3. The van der Waals surface area contributed by atoms with E-state index in [4.69, 9.17) is 0 Å². The van der Waals surface area contributed by atoms with E-state index in [9.17, 15) is 9.59 Å². The number of carbonyl (C=O) groups is 2. The van der Waals surface area contributed by atoms with Gasteiger partial charge in [0.25, 0.3) is 0 Å². The van der Waals surface area contributed by atoms with Crippen LogP contribution in [0, 0.1) is 0 Å². The SMILES string of the molecule is CN1N(CC=O)C(=O)CC12CCCC2. The monoisotopic (exact) mass is 196 g/mol. The minimum absolute atomic E-state index is 0.0418. The van der Waals surface area contributed by atoms with Crippen LogP contribution < -0.4 is 0 Å². The molecule has 2 fully saturated rings. The van der Waals surface area contributed by atoms with E-state index in [0.717, 1.165) is 19.1 Å². The number of hydrogen-bond donors (Lipinski definition) is 0. The fraction of sp³-hybridized carbons (Fsp3) is 0.800. The van der Waals surface area contributed by atoms with Crippen LogP contribution >= 0.6 is 0 Å². The highest BCUT2D eigenvalue weighted by Crippen LogP contribution is 2.42. The molecule has 1 saturated heterocycles. The Morgan fingerprint density at radius 3 is 2.64 bits per heavy atom. The first-order valence-corrected chi connectivity index (χ1v) is 5.17. The van der Waals surface area contributed by atoms with Gasteiger partial charge in [0.2, 0.25) is 5.91 Å². The summed E-state index contributed by atoms with van der Waals surface area (Å²) in [6.07, 6.45) is 5.97. The van der Waals surface area contributed by atoms with Crippen LogP contribution in [-0.4, -0.2) is 41.3 Å². The third kappa shape index (κ3) is 1.25. The molecule has 1 spiro atoms. The maximum atomic E-state index is 11.7. The van der Waals surface area contributed by atoms with Gasteiger partial charge in [0.1, 0.15) is 6.29 Å². The Morgan fingerprint density at radius 2 is 2.07 bits per heavy atom. The topological polar surface area (TPSA) is 40.6 Å². The van der Waals surface area contributed by atoms with Gasteiger partial charge in [-0.3, -0.25) is 9.80 Å². The summed E-state index contributed by atoms with van der Waals surface area (Å²) in [5, 5.41) is 3.58. The molecule has 0 unspecified atom stereocenters. The summed E-state index contributed by atoms with van der Waals surface area (Å²) in [7, 11) is 1.93. The van der Waals surface area contributed by atoms with Crippen molar-refractivity contribution >= 4 is 12.2 Å². The number of hydrazine groups is 1. The maximum absolute atomic E-state index is 11.7. The Morgan fingerprint density at radius 1 is 1.43 bits per heavy atom. The highest BCUT2D eigenvalue weighted by molar-refractivity contribution is 5.81. The molecule has 2 rings (SSSR count). The van der Waals surface area contributed by atoms with Gasteiger partial charge in [-0.25, -0.2) is 5.01 Å². The van der Waals surface area contributed by atoms with Crippen molar-refractivity contribution in [3.8, 4) is 0 Å². The molecule has 4 nitrogen and oxygen atoms in total. The molecule has 0 N–H and O–H groups in total. The molecule has 0 aromatic carbocycles. The molecule has 0 bridgehead atoms. The van der Waals surface area contributed by atoms with Crippen molar-refractivity contribution in [1.29, 1.82) is 0 Å². The molecule has 4 heteroatoms. The zero-order chi connectivity index (χ0) is 10.2. The minimum atomic E-state index is 0.0418. The maximum Gasteiger partial charge on any atom is 0.239 e. The summed E-state index contributed by atoms with van der Waals surface area (Å²) in [5.74, 6) is 0.0986. The van der Waals surface area contributed by atoms with E-state index in [2.05, 4.69) is 0 Å². The van der Waals surface area contributed by atoms with Crippen LogP contribution in [0.25, 0.3) is 0 Å². The van der Waals surface area contributed by atoms with Crippen LogP contribution in [0.15, 0.2) is 0 Å². The van der Waals surface area contributed by atoms with E-state index in [1.54, 1.807) is 5.01 Å². The lowest BCUT2D eigenvalue weighted by atomic mass is 9.94. The number of nitrogens with zero attached hydrogens (tertiary/aromatic N) is 2. The van der Waals surface area contributed by atoms with Gasteiger partial charge in [0, 0.05) is 19.0 Å². The first-order chi connectivity index (χ1) is 6.69. The van der Waals surface area contributed by atoms with E-state index in [1.165, 1.54) is 12.8 Å². The molecule has 78 valence electrons. The zero-order valence-electron chi connectivity index (χ0n) is 8.53. The molecule has 1 amide bonds. The van der Waals surface area contributed by atoms with E-state index < -0.39 is 0 Å². The third-order valence-corrected chi connectivity index (χ3v) is 3.60. The lowest BCUT2D eigenvalue weighted by Crippen LogP contribution is -2.46. The number of amides is 1. The van der Waals surface area contributed by atoms with Gasteiger partial charge in [0.05, 0.1) is 6.54 Å². The van der Waals surface area contributed by atoms with Crippen LogP contribution in [0.3, 0.4) is 0 Å². The second-order valence-corrected chi connectivity index (χ2v) is 4.27.